The van der Waals surface area contributed by atoms with Gasteiger partial charge >= 0.3 is 0 Å². The molecule has 0 aromatic heterocycles. The van der Waals surface area contributed by atoms with Crippen LogP contribution in [0.5, 0.6) is 0 Å². The van der Waals surface area contributed by atoms with Gasteiger partial charge < -0.3 is 0 Å². The zero-order chi connectivity index (χ0) is 11.4. The number of halogens is 3. The summed E-state index contributed by atoms with van der Waals surface area (Å²) in [6.07, 6.45) is 2.06. The molecule has 15 heavy (non-hydrogen) atoms. The van der Waals surface area contributed by atoms with Crippen molar-refractivity contribution >= 4 is 40.9 Å². The van der Waals surface area contributed by atoms with E-state index in [4.69, 9.17) is 34.8 Å². The van der Waals surface area contributed by atoms with Gasteiger partial charge in [0.2, 0.25) is 0 Å². The fourth-order valence-electron chi connectivity index (χ4n) is 1.18. The molecule has 0 amide bonds. The highest BCUT2D eigenvalue weighted by molar-refractivity contribution is 6.42. The van der Waals surface area contributed by atoms with Gasteiger partial charge in [-0.05, 0) is 23.6 Å². The van der Waals surface area contributed by atoms with Gasteiger partial charge in [0.05, 0.1) is 10.0 Å². The molecule has 0 atom stereocenters. The fraction of sp³-hybridized carbons (Fsp3) is 0.333. The van der Waals surface area contributed by atoms with E-state index in [2.05, 4.69) is 19.9 Å². The highest BCUT2D eigenvalue weighted by atomic mass is 35.5. The molecule has 1 rings (SSSR count). The summed E-state index contributed by atoms with van der Waals surface area (Å²) in [6, 6.07) is 5.57. The van der Waals surface area contributed by atoms with Gasteiger partial charge in [0.25, 0.3) is 0 Å². The quantitative estimate of drug-likeness (QED) is 0.652. The molecule has 0 saturated carbocycles. The summed E-state index contributed by atoms with van der Waals surface area (Å²) < 4.78 is 0. The first-order chi connectivity index (χ1) is 7.04. The smallest absolute Gasteiger partial charge is 0.0598 e. The molecule has 0 aliphatic rings. The Morgan fingerprint density at radius 3 is 2.40 bits per heavy atom. The Labute approximate surface area is 106 Å². The van der Waals surface area contributed by atoms with Crippen LogP contribution < -0.4 is 0 Å². The molecule has 0 unspecified atom stereocenters. The van der Waals surface area contributed by atoms with Crippen LogP contribution in [-0.4, -0.2) is 5.88 Å². The molecule has 0 spiro atoms. The van der Waals surface area contributed by atoms with Crippen molar-refractivity contribution in [2.24, 2.45) is 5.92 Å². The molecule has 82 valence electrons. The maximum Gasteiger partial charge on any atom is 0.0598 e. The second-order valence-corrected chi connectivity index (χ2v) is 4.76. The van der Waals surface area contributed by atoms with Crippen LogP contribution >= 0.6 is 34.8 Å². The minimum atomic E-state index is 0.442. The van der Waals surface area contributed by atoms with Crippen molar-refractivity contribution in [3.63, 3.8) is 0 Å². The lowest BCUT2D eigenvalue weighted by Gasteiger charge is -2.07. The number of rotatable bonds is 3. The van der Waals surface area contributed by atoms with Gasteiger partial charge in [-0.25, -0.2) is 0 Å². The van der Waals surface area contributed by atoms with Crippen molar-refractivity contribution in [2.75, 3.05) is 5.88 Å². The van der Waals surface area contributed by atoms with E-state index in [9.17, 15) is 0 Å². The van der Waals surface area contributed by atoms with E-state index in [0.717, 1.165) is 5.56 Å². The van der Waals surface area contributed by atoms with E-state index in [1.165, 1.54) is 5.57 Å². The number of allylic oxidation sites excluding steroid dienone is 1. The number of hydrogen-bond acceptors (Lipinski definition) is 0. The Morgan fingerprint density at radius 2 is 1.93 bits per heavy atom. The van der Waals surface area contributed by atoms with E-state index < -0.39 is 0 Å². The topological polar surface area (TPSA) is 0 Å². The summed E-state index contributed by atoms with van der Waals surface area (Å²) in [6.45, 7) is 4.23. The molecule has 0 saturated heterocycles. The minimum absolute atomic E-state index is 0.442. The summed E-state index contributed by atoms with van der Waals surface area (Å²) in [7, 11) is 0. The average molecular weight is 264 g/mol. The molecule has 0 N–H and O–H groups in total. The highest BCUT2D eigenvalue weighted by Crippen LogP contribution is 2.24. The Balaban J connectivity index is 3.01. The highest BCUT2D eigenvalue weighted by Gasteiger charge is 2.03. The molecule has 0 heterocycles. The van der Waals surface area contributed by atoms with Crippen molar-refractivity contribution in [3.05, 3.63) is 39.4 Å². The lowest BCUT2D eigenvalue weighted by Crippen LogP contribution is -1.95. The van der Waals surface area contributed by atoms with Gasteiger partial charge in [-0.2, -0.15) is 0 Å². The predicted octanol–water partition coefficient (Wildman–Crippen LogP) is 5.27. The summed E-state index contributed by atoms with van der Waals surface area (Å²) in [5.41, 5.74) is 2.23. The van der Waals surface area contributed by atoms with Crippen LogP contribution in [0.3, 0.4) is 0 Å². The molecule has 0 bridgehead atoms. The second-order valence-electron chi connectivity index (χ2n) is 3.68. The Hall–Kier alpha value is -0.170. The number of hydrogen-bond donors (Lipinski definition) is 0. The zero-order valence-electron chi connectivity index (χ0n) is 8.73. The van der Waals surface area contributed by atoms with Gasteiger partial charge in [0.1, 0.15) is 0 Å². The predicted molar refractivity (Wildman–Crippen MR) is 70.0 cm³/mol. The van der Waals surface area contributed by atoms with Crippen molar-refractivity contribution in [1.82, 2.24) is 0 Å². The molecular formula is C12H13Cl3. The SMILES string of the molecule is CC(C)/C(=C/c1ccc(Cl)c(Cl)c1)CCl. The molecule has 0 aliphatic heterocycles. The normalized spacial score (nSPS) is 12.3. The summed E-state index contributed by atoms with van der Waals surface area (Å²) in [5, 5.41) is 1.15. The standard InChI is InChI=1S/C12H13Cl3/c1-8(2)10(7-13)5-9-3-4-11(14)12(15)6-9/h3-6,8H,7H2,1-2H3/b10-5+. The monoisotopic (exact) mass is 262 g/mol. The third kappa shape index (κ3) is 3.71. The van der Waals surface area contributed by atoms with Gasteiger partial charge in [-0.1, -0.05) is 54.8 Å². The van der Waals surface area contributed by atoms with E-state index in [1.54, 1.807) is 6.07 Å². The fourth-order valence-corrected chi connectivity index (χ4v) is 1.87. The van der Waals surface area contributed by atoms with Gasteiger partial charge in [-0.15, -0.1) is 11.6 Å². The summed E-state index contributed by atoms with van der Waals surface area (Å²) >= 11 is 17.6. The molecule has 1 aromatic carbocycles. The first-order valence-electron chi connectivity index (χ1n) is 4.76. The second kappa shape index (κ2) is 5.79. The maximum atomic E-state index is 5.93. The van der Waals surface area contributed by atoms with E-state index in [-0.39, 0.29) is 0 Å². The van der Waals surface area contributed by atoms with Gasteiger partial charge in [-0.3, -0.25) is 0 Å². The van der Waals surface area contributed by atoms with Gasteiger partial charge in [0.15, 0.2) is 0 Å². The van der Waals surface area contributed by atoms with Crippen LogP contribution in [0.1, 0.15) is 19.4 Å². The Kier molecular flexibility index (Phi) is 4.98. The van der Waals surface area contributed by atoms with E-state index in [1.807, 2.05) is 12.1 Å². The van der Waals surface area contributed by atoms with Crippen LogP contribution in [0.2, 0.25) is 10.0 Å². The van der Waals surface area contributed by atoms with Gasteiger partial charge in [0, 0.05) is 5.88 Å². The van der Waals surface area contributed by atoms with Crippen molar-refractivity contribution in [3.8, 4) is 0 Å². The lowest BCUT2D eigenvalue weighted by molar-refractivity contribution is 0.778. The molecule has 0 radical (unpaired) electrons. The van der Waals surface area contributed by atoms with Crippen molar-refractivity contribution < 1.29 is 0 Å². The van der Waals surface area contributed by atoms with E-state index >= 15 is 0 Å². The van der Waals surface area contributed by atoms with Crippen LogP contribution in [0.15, 0.2) is 23.8 Å². The van der Waals surface area contributed by atoms with Crippen molar-refractivity contribution in [2.45, 2.75) is 13.8 Å². The molecule has 0 nitrogen and oxygen atoms in total. The summed E-state index contributed by atoms with van der Waals surface area (Å²) in [5.74, 6) is 0.981. The molecular weight excluding hydrogens is 250 g/mol. The first-order valence-corrected chi connectivity index (χ1v) is 6.05. The molecule has 0 aliphatic carbocycles. The summed E-state index contributed by atoms with van der Waals surface area (Å²) in [4.78, 5) is 0. The average Bonchev–Trinajstić information content (AvgIpc) is 2.19. The minimum Gasteiger partial charge on any atom is -0.122 e. The largest absolute Gasteiger partial charge is 0.122 e. The molecule has 0 fully saturated rings. The molecule has 3 heteroatoms. The van der Waals surface area contributed by atoms with Crippen LogP contribution in [0, 0.1) is 5.92 Å². The van der Waals surface area contributed by atoms with E-state index in [0.29, 0.717) is 21.8 Å². The Morgan fingerprint density at radius 1 is 1.27 bits per heavy atom. The number of alkyl halides is 1. The van der Waals surface area contributed by atoms with Crippen LogP contribution in [0.4, 0.5) is 0 Å². The van der Waals surface area contributed by atoms with Crippen LogP contribution in [0.25, 0.3) is 6.08 Å². The third-order valence-electron chi connectivity index (χ3n) is 2.19. The first kappa shape index (κ1) is 12.9. The van der Waals surface area contributed by atoms with Crippen molar-refractivity contribution in [1.29, 1.82) is 0 Å². The third-order valence-corrected chi connectivity index (χ3v) is 3.24. The Bertz CT molecular complexity index is 367. The number of benzene rings is 1. The lowest BCUT2D eigenvalue weighted by atomic mass is 10.0. The maximum absolute atomic E-state index is 5.93. The zero-order valence-corrected chi connectivity index (χ0v) is 11.0. The molecule has 1 aromatic rings. The van der Waals surface area contributed by atoms with Crippen LogP contribution in [-0.2, 0) is 0 Å².